The zero-order chi connectivity index (χ0) is 13.5. The monoisotopic (exact) mass is 251 g/mol. The number of rotatable bonds is 6. The fourth-order valence-corrected chi connectivity index (χ4v) is 1.57. The lowest BCUT2D eigenvalue weighted by Crippen LogP contribution is -2.22. The molecule has 0 saturated carbocycles. The third-order valence-electron chi connectivity index (χ3n) is 2.41. The van der Waals surface area contributed by atoms with E-state index in [9.17, 15) is 15.0 Å². The Balaban J connectivity index is 2.93. The number of carboxylic acid groups (broad SMARTS) is 1. The van der Waals surface area contributed by atoms with Crippen LogP contribution < -0.4 is 0 Å². The highest BCUT2D eigenvalue weighted by Gasteiger charge is 2.20. The van der Waals surface area contributed by atoms with E-state index >= 15 is 0 Å². The highest BCUT2D eigenvalue weighted by Crippen LogP contribution is 2.22. The van der Waals surface area contributed by atoms with Crippen LogP contribution in [0, 0.1) is 0 Å². The van der Waals surface area contributed by atoms with E-state index in [1.165, 1.54) is 6.07 Å². The summed E-state index contributed by atoms with van der Waals surface area (Å²) >= 11 is 0. The average Bonchev–Trinajstić information content (AvgIpc) is 2.35. The molecule has 18 heavy (non-hydrogen) atoms. The van der Waals surface area contributed by atoms with Gasteiger partial charge in [0.2, 0.25) is 0 Å². The van der Waals surface area contributed by atoms with Crippen molar-refractivity contribution in [2.24, 2.45) is 5.11 Å². The SMILES string of the molecule is [N-]=[N+]=NCC(O)C(O)c1ccccc1CC(=O)O. The minimum absolute atomic E-state index is 0.249. The van der Waals surface area contributed by atoms with Gasteiger partial charge in [0.15, 0.2) is 0 Å². The normalized spacial score (nSPS) is 13.4. The van der Waals surface area contributed by atoms with Crippen LogP contribution in [-0.4, -0.2) is 33.9 Å². The summed E-state index contributed by atoms with van der Waals surface area (Å²) in [6.07, 6.45) is -2.80. The van der Waals surface area contributed by atoms with Gasteiger partial charge in [-0.05, 0) is 16.7 Å². The fraction of sp³-hybridized carbons (Fsp3) is 0.364. The van der Waals surface area contributed by atoms with E-state index in [4.69, 9.17) is 10.6 Å². The summed E-state index contributed by atoms with van der Waals surface area (Å²) in [6, 6.07) is 6.37. The lowest BCUT2D eigenvalue weighted by Gasteiger charge is -2.18. The van der Waals surface area contributed by atoms with Crippen LogP contribution in [0.2, 0.25) is 0 Å². The molecule has 0 radical (unpaired) electrons. The molecule has 0 amide bonds. The van der Waals surface area contributed by atoms with Crippen LogP contribution in [0.5, 0.6) is 0 Å². The number of azide groups is 1. The molecule has 0 aliphatic rings. The fourth-order valence-electron chi connectivity index (χ4n) is 1.57. The maximum absolute atomic E-state index is 10.7. The second-order valence-electron chi connectivity index (χ2n) is 3.69. The van der Waals surface area contributed by atoms with Crippen LogP contribution in [0.1, 0.15) is 17.2 Å². The van der Waals surface area contributed by atoms with Gasteiger partial charge < -0.3 is 15.3 Å². The van der Waals surface area contributed by atoms with E-state index < -0.39 is 18.2 Å². The Morgan fingerprint density at radius 2 is 2.06 bits per heavy atom. The van der Waals surface area contributed by atoms with Crippen LogP contribution in [0.15, 0.2) is 29.4 Å². The number of carboxylic acids is 1. The molecule has 1 aromatic rings. The zero-order valence-corrected chi connectivity index (χ0v) is 9.47. The van der Waals surface area contributed by atoms with Crippen molar-refractivity contribution in [3.8, 4) is 0 Å². The highest BCUT2D eigenvalue weighted by molar-refractivity contribution is 5.70. The maximum atomic E-state index is 10.7. The molecule has 1 rings (SSSR count). The van der Waals surface area contributed by atoms with E-state index in [-0.39, 0.29) is 13.0 Å². The zero-order valence-electron chi connectivity index (χ0n) is 9.47. The predicted octanol–water partition coefficient (Wildman–Crippen LogP) is 1.02. The Kier molecular flexibility index (Phi) is 5.13. The van der Waals surface area contributed by atoms with Gasteiger partial charge in [0.05, 0.1) is 19.1 Å². The number of benzene rings is 1. The van der Waals surface area contributed by atoms with Gasteiger partial charge in [-0.15, -0.1) is 0 Å². The van der Waals surface area contributed by atoms with Crippen molar-refractivity contribution in [1.29, 1.82) is 0 Å². The molecule has 7 heteroatoms. The van der Waals surface area contributed by atoms with Crippen LogP contribution in [0.25, 0.3) is 10.4 Å². The Labute approximate surface area is 103 Å². The maximum Gasteiger partial charge on any atom is 0.307 e. The standard InChI is InChI=1S/C11H13N3O4/c12-14-13-6-9(15)11(18)8-4-2-1-3-7(8)5-10(16)17/h1-4,9,11,15,18H,5-6H2,(H,16,17). The Bertz CT molecular complexity index is 471. The van der Waals surface area contributed by atoms with Crippen molar-refractivity contribution in [1.82, 2.24) is 0 Å². The first kappa shape index (κ1) is 14.0. The molecule has 1 aromatic carbocycles. The summed E-state index contributed by atoms with van der Waals surface area (Å²) in [7, 11) is 0. The number of hydrogen-bond acceptors (Lipinski definition) is 4. The Morgan fingerprint density at radius 3 is 2.67 bits per heavy atom. The summed E-state index contributed by atoms with van der Waals surface area (Å²) in [5.74, 6) is -1.03. The van der Waals surface area contributed by atoms with Gasteiger partial charge in [-0.25, -0.2) is 0 Å². The largest absolute Gasteiger partial charge is 0.481 e. The van der Waals surface area contributed by atoms with Crippen molar-refractivity contribution < 1.29 is 20.1 Å². The summed E-state index contributed by atoms with van der Waals surface area (Å²) in [4.78, 5) is 13.2. The molecule has 0 bridgehead atoms. The molecule has 0 fully saturated rings. The Hall–Kier alpha value is -2.08. The number of aliphatic hydroxyl groups excluding tert-OH is 2. The number of hydrogen-bond donors (Lipinski definition) is 3. The number of carbonyl (C=O) groups is 1. The van der Waals surface area contributed by atoms with E-state index in [1.54, 1.807) is 18.2 Å². The lowest BCUT2D eigenvalue weighted by atomic mass is 9.97. The van der Waals surface area contributed by atoms with Crippen molar-refractivity contribution in [3.05, 3.63) is 45.8 Å². The molecular formula is C11H13N3O4. The van der Waals surface area contributed by atoms with E-state index in [0.29, 0.717) is 11.1 Å². The number of aliphatic carboxylic acids is 1. The molecule has 2 unspecified atom stereocenters. The molecule has 0 aliphatic carbocycles. The predicted molar refractivity (Wildman–Crippen MR) is 62.8 cm³/mol. The summed E-state index contributed by atoms with van der Waals surface area (Å²) in [6.45, 7) is -0.279. The van der Waals surface area contributed by atoms with Gasteiger partial charge in [0.25, 0.3) is 0 Å². The first-order chi connectivity index (χ1) is 8.56. The van der Waals surface area contributed by atoms with Gasteiger partial charge in [-0.1, -0.05) is 29.4 Å². The van der Waals surface area contributed by atoms with E-state index in [2.05, 4.69) is 10.0 Å². The first-order valence-corrected chi connectivity index (χ1v) is 5.23. The van der Waals surface area contributed by atoms with Gasteiger partial charge in [-0.2, -0.15) is 0 Å². The average molecular weight is 251 g/mol. The van der Waals surface area contributed by atoms with Crippen molar-refractivity contribution in [3.63, 3.8) is 0 Å². The van der Waals surface area contributed by atoms with Gasteiger partial charge in [0, 0.05) is 4.91 Å². The highest BCUT2D eigenvalue weighted by atomic mass is 16.4. The second kappa shape index (κ2) is 6.61. The number of aliphatic hydroxyl groups is 2. The van der Waals surface area contributed by atoms with Gasteiger partial charge >= 0.3 is 5.97 Å². The summed E-state index contributed by atoms with van der Waals surface area (Å²) < 4.78 is 0. The van der Waals surface area contributed by atoms with Crippen molar-refractivity contribution >= 4 is 5.97 Å². The third kappa shape index (κ3) is 3.74. The van der Waals surface area contributed by atoms with Gasteiger partial charge in [0.1, 0.15) is 6.10 Å². The molecule has 7 nitrogen and oxygen atoms in total. The summed E-state index contributed by atoms with van der Waals surface area (Å²) in [5.41, 5.74) is 8.86. The molecule has 3 N–H and O–H groups in total. The Morgan fingerprint density at radius 1 is 1.39 bits per heavy atom. The smallest absolute Gasteiger partial charge is 0.307 e. The van der Waals surface area contributed by atoms with Crippen molar-refractivity contribution in [2.75, 3.05) is 6.54 Å². The first-order valence-electron chi connectivity index (χ1n) is 5.23. The van der Waals surface area contributed by atoms with E-state index in [1.807, 2.05) is 0 Å². The molecule has 0 aromatic heterocycles. The lowest BCUT2D eigenvalue weighted by molar-refractivity contribution is -0.136. The molecule has 2 atom stereocenters. The molecule has 0 heterocycles. The van der Waals surface area contributed by atoms with Crippen LogP contribution in [0.4, 0.5) is 0 Å². The molecule has 96 valence electrons. The topological polar surface area (TPSA) is 127 Å². The van der Waals surface area contributed by atoms with Crippen LogP contribution >= 0.6 is 0 Å². The van der Waals surface area contributed by atoms with E-state index in [0.717, 1.165) is 0 Å². The summed E-state index contributed by atoms with van der Waals surface area (Å²) in [5, 5.41) is 31.4. The number of nitrogens with zero attached hydrogens (tertiary/aromatic N) is 3. The second-order valence-corrected chi connectivity index (χ2v) is 3.69. The van der Waals surface area contributed by atoms with Crippen molar-refractivity contribution in [2.45, 2.75) is 18.6 Å². The molecule has 0 saturated heterocycles. The third-order valence-corrected chi connectivity index (χ3v) is 2.41. The van der Waals surface area contributed by atoms with Crippen LogP contribution in [0.3, 0.4) is 0 Å². The van der Waals surface area contributed by atoms with Crippen LogP contribution in [-0.2, 0) is 11.2 Å². The molecule has 0 spiro atoms. The molecule has 0 aliphatic heterocycles. The minimum atomic E-state index is -1.29. The van der Waals surface area contributed by atoms with Gasteiger partial charge in [-0.3, -0.25) is 4.79 Å². The molecular weight excluding hydrogens is 238 g/mol. The minimum Gasteiger partial charge on any atom is -0.481 e. The quantitative estimate of drug-likeness (QED) is 0.396.